The number of hydrogen-bond donors (Lipinski definition) is 8. The third-order valence-electron chi connectivity index (χ3n) is 8.08. The predicted molar refractivity (Wildman–Crippen MR) is 155 cm³/mol. The highest BCUT2D eigenvalue weighted by molar-refractivity contribution is 6.00. The third kappa shape index (κ3) is 6.26. The number of amides is 3. The molecule has 2 aliphatic heterocycles. The number of carboxylic acid groups (broad SMARTS) is 1. The second-order valence-corrected chi connectivity index (χ2v) is 10.9. The number of phenols is 4. The molecule has 236 valence electrons. The second kappa shape index (κ2) is 13.2. The van der Waals surface area contributed by atoms with Gasteiger partial charge in [0.25, 0.3) is 11.8 Å². The number of carbonyl (C=O) groups is 4. The van der Waals surface area contributed by atoms with Crippen LogP contribution in [0.3, 0.4) is 0 Å². The van der Waals surface area contributed by atoms with E-state index in [-0.39, 0.29) is 48.9 Å². The van der Waals surface area contributed by atoms with Gasteiger partial charge in [-0.25, -0.2) is 4.79 Å². The summed E-state index contributed by atoms with van der Waals surface area (Å²) in [6.45, 7) is 4.18. The Labute approximate surface area is 252 Å². The molecule has 2 heterocycles. The zero-order chi connectivity index (χ0) is 32.3. The SMILES string of the molecule is CC(O)C1C(=O)N2C(C(=O)O)=C(CN(CCCNC(=O)c3cccc(O)c3O)CCNC(=O)c3cccc(O)c3O)C(C)[C@H]12. The van der Waals surface area contributed by atoms with Crippen molar-refractivity contribution in [2.45, 2.75) is 32.4 Å². The van der Waals surface area contributed by atoms with Gasteiger partial charge in [-0.05, 0) is 43.2 Å². The smallest absolute Gasteiger partial charge is 0.352 e. The molecule has 2 aliphatic rings. The van der Waals surface area contributed by atoms with Gasteiger partial charge < -0.3 is 46.2 Å². The molecule has 0 aromatic heterocycles. The normalized spacial score (nSPS) is 19.9. The highest BCUT2D eigenvalue weighted by Crippen LogP contribution is 2.47. The second-order valence-electron chi connectivity index (χ2n) is 10.9. The van der Waals surface area contributed by atoms with Crippen molar-refractivity contribution in [3.8, 4) is 23.0 Å². The molecule has 0 radical (unpaired) electrons. The number of hydrogen-bond acceptors (Lipinski definition) is 10. The van der Waals surface area contributed by atoms with E-state index in [1.165, 1.54) is 48.2 Å². The fourth-order valence-corrected chi connectivity index (χ4v) is 5.82. The molecule has 8 N–H and O–H groups in total. The van der Waals surface area contributed by atoms with Crippen molar-refractivity contribution < 1.29 is 49.8 Å². The Morgan fingerprint density at radius 2 is 1.45 bits per heavy atom. The van der Waals surface area contributed by atoms with Crippen molar-refractivity contribution >= 4 is 23.7 Å². The van der Waals surface area contributed by atoms with E-state index >= 15 is 0 Å². The van der Waals surface area contributed by atoms with Gasteiger partial charge in [0.05, 0.1) is 29.2 Å². The fourth-order valence-electron chi connectivity index (χ4n) is 5.82. The summed E-state index contributed by atoms with van der Waals surface area (Å²) in [7, 11) is 0. The number of aliphatic hydroxyl groups excluding tert-OH is 1. The lowest BCUT2D eigenvalue weighted by molar-refractivity contribution is -0.163. The average Bonchev–Trinajstić information content (AvgIpc) is 3.21. The van der Waals surface area contributed by atoms with E-state index in [4.69, 9.17) is 0 Å². The Morgan fingerprint density at radius 3 is 1.98 bits per heavy atom. The molecule has 0 bridgehead atoms. The summed E-state index contributed by atoms with van der Waals surface area (Å²) < 4.78 is 0. The molecule has 1 fully saturated rings. The van der Waals surface area contributed by atoms with E-state index in [0.29, 0.717) is 18.5 Å². The highest BCUT2D eigenvalue weighted by atomic mass is 16.4. The van der Waals surface area contributed by atoms with E-state index in [9.17, 15) is 49.8 Å². The number of nitrogens with zero attached hydrogens (tertiary/aromatic N) is 2. The van der Waals surface area contributed by atoms with Crippen molar-refractivity contribution in [3.63, 3.8) is 0 Å². The number of aliphatic hydroxyl groups is 1. The Bertz CT molecular complexity index is 1490. The standard InChI is InChI=1S/C30H36N4O10/c1-15-19(24(30(43)44)34-23(15)22(16(2)35)29(34)42)14-33(13-11-32-28(41)18-7-4-9-21(37)26(18)39)12-5-10-31-27(40)17-6-3-8-20(36)25(17)38/h3-4,6-9,15-16,22-23,35-39H,5,10-14H2,1-2H3,(H,31,40)(H,32,41)(H,43,44)/t15?,16?,22?,23-/m1/s1. The number of aliphatic carboxylic acids is 1. The predicted octanol–water partition coefficient (Wildman–Crippen LogP) is 0.557. The molecule has 3 amide bonds. The lowest BCUT2D eigenvalue weighted by Gasteiger charge is -2.46. The maximum Gasteiger partial charge on any atom is 0.352 e. The van der Waals surface area contributed by atoms with Gasteiger partial charge in [0.2, 0.25) is 5.91 Å². The van der Waals surface area contributed by atoms with Gasteiger partial charge in [-0.15, -0.1) is 0 Å². The summed E-state index contributed by atoms with van der Waals surface area (Å²) in [5.41, 5.74) is 0.139. The Hall–Kier alpha value is -4.82. The molecule has 2 aromatic carbocycles. The van der Waals surface area contributed by atoms with E-state index in [1.807, 2.05) is 4.90 Å². The minimum atomic E-state index is -1.27. The number of fused-ring (bicyclic) bond motifs is 1. The number of carboxylic acids is 1. The molecule has 14 heteroatoms. The van der Waals surface area contributed by atoms with Gasteiger partial charge in [0.15, 0.2) is 23.0 Å². The molecule has 0 spiro atoms. The van der Waals surface area contributed by atoms with E-state index < -0.39 is 64.8 Å². The zero-order valence-corrected chi connectivity index (χ0v) is 24.2. The number of benzene rings is 2. The van der Waals surface area contributed by atoms with Gasteiger partial charge in [-0.2, -0.15) is 0 Å². The summed E-state index contributed by atoms with van der Waals surface area (Å²) in [4.78, 5) is 53.3. The number of phenolic OH excluding ortho intramolecular Hbond substituents is 4. The molecule has 4 atom stereocenters. The first-order valence-electron chi connectivity index (χ1n) is 14.1. The van der Waals surface area contributed by atoms with Crippen LogP contribution in [0.1, 0.15) is 41.0 Å². The van der Waals surface area contributed by atoms with Crippen molar-refractivity contribution in [3.05, 3.63) is 58.8 Å². The maximum atomic E-state index is 12.7. The van der Waals surface area contributed by atoms with Crippen LogP contribution in [0.15, 0.2) is 47.7 Å². The van der Waals surface area contributed by atoms with Crippen molar-refractivity contribution in [1.29, 1.82) is 0 Å². The summed E-state index contributed by atoms with van der Waals surface area (Å²) in [5.74, 6) is -6.02. The van der Waals surface area contributed by atoms with Gasteiger partial charge >= 0.3 is 5.97 Å². The molecule has 14 nitrogen and oxygen atoms in total. The number of carbonyl (C=O) groups excluding carboxylic acids is 3. The van der Waals surface area contributed by atoms with E-state index in [0.717, 1.165) is 0 Å². The monoisotopic (exact) mass is 612 g/mol. The molecular weight excluding hydrogens is 576 g/mol. The number of para-hydroxylation sites is 2. The third-order valence-corrected chi connectivity index (χ3v) is 8.08. The van der Waals surface area contributed by atoms with Crippen molar-refractivity contribution in [1.82, 2.24) is 20.4 Å². The largest absolute Gasteiger partial charge is 0.504 e. The molecular formula is C30H36N4O10. The van der Waals surface area contributed by atoms with Gasteiger partial charge in [-0.1, -0.05) is 19.1 Å². The number of β-lactam (4-membered cyclic amide) rings is 1. The van der Waals surface area contributed by atoms with Gasteiger partial charge in [-0.3, -0.25) is 19.3 Å². The Kier molecular flexibility index (Phi) is 9.65. The zero-order valence-electron chi connectivity index (χ0n) is 24.2. The van der Waals surface area contributed by atoms with Crippen LogP contribution in [-0.4, -0.2) is 109 Å². The lowest BCUT2D eigenvalue weighted by atomic mass is 9.77. The number of aromatic hydroxyl groups is 4. The minimum Gasteiger partial charge on any atom is -0.504 e. The molecule has 4 rings (SSSR count). The van der Waals surface area contributed by atoms with Crippen LogP contribution in [0.25, 0.3) is 0 Å². The Balaban J connectivity index is 1.46. The Morgan fingerprint density at radius 1 is 0.909 bits per heavy atom. The number of nitrogens with one attached hydrogen (secondary N) is 2. The fraction of sp³-hybridized carbons (Fsp3) is 0.400. The molecule has 44 heavy (non-hydrogen) atoms. The molecule has 1 saturated heterocycles. The topological polar surface area (TPSA) is 220 Å². The average molecular weight is 613 g/mol. The van der Waals surface area contributed by atoms with Crippen LogP contribution in [0, 0.1) is 11.8 Å². The minimum absolute atomic E-state index is 0.0733. The van der Waals surface area contributed by atoms with Crippen LogP contribution in [-0.2, 0) is 9.59 Å². The summed E-state index contributed by atoms with van der Waals surface area (Å²) in [5, 5.41) is 64.8. The quantitative estimate of drug-likeness (QED) is 0.0887. The lowest BCUT2D eigenvalue weighted by Crippen LogP contribution is -2.63. The first-order valence-corrected chi connectivity index (χ1v) is 14.1. The van der Waals surface area contributed by atoms with Crippen LogP contribution in [0.2, 0.25) is 0 Å². The summed E-state index contributed by atoms with van der Waals surface area (Å²) >= 11 is 0. The summed E-state index contributed by atoms with van der Waals surface area (Å²) in [6, 6.07) is 7.52. The highest BCUT2D eigenvalue weighted by Gasteiger charge is 2.59. The molecule has 3 unspecified atom stereocenters. The van der Waals surface area contributed by atoms with Gasteiger partial charge in [0.1, 0.15) is 5.70 Å². The van der Waals surface area contributed by atoms with Gasteiger partial charge in [0, 0.05) is 38.6 Å². The maximum absolute atomic E-state index is 12.7. The van der Waals surface area contributed by atoms with Crippen LogP contribution < -0.4 is 10.6 Å². The molecule has 0 aliphatic carbocycles. The van der Waals surface area contributed by atoms with Crippen LogP contribution >= 0.6 is 0 Å². The van der Waals surface area contributed by atoms with Crippen molar-refractivity contribution in [2.24, 2.45) is 11.8 Å². The van der Waals surface area contributed by atoms with Crippen LogP contribution in [0.4, 0.5) is 0 Å². The van der Waals surface area contributed by atoms with E-state index in [2.05, 4.69) is 10.6 Å². The summed E-state index contributed by atoms with van der Waals surface area (Å²) in [6.07, 6.45) is -0.575. The van der Waals surface area contributed by atoms with E-state index in [1.54, 1.807) is 6.92 Å². The first-order chi connectivity index (χ1) is 20.8. The first kappa shape index (κ1) is 32.1. The number of rotatable bonds is 13. The van der Waals surface area contributed by atoms with Crippen molar-refractivity contribution in [2.75, 3.05) is 32.7 Å². The molecule has 2 aromatic rings. The van der Waals surface area contributed by atoms with Crippen LogP contribution in [0.5, 0.6) is 23.0 Å². The molecule has 0 saturated carbocycles.